The molecule has 1 rings (SSSR count). The van der Waals surface area contributed by atoms with Crippen molar-refractivity contribution in [3.8, 4) is 0 Å². The highest BCUT2D eigenvalue weighted by Crippen LogP contribution is 2.18. The van der Waals surface area contributed by atoms with Crippen LogP contribution in [0.2, 0.25) is 0 Å². The molecule has 0 saturated carbocycles. The van der Waals surface area contributed by atoms with Gasteiger partial charge in [-0.2, -0.15) is 0 Å². The van der Waals surface area contributed by atoms with Gasteiger partial charge in [0, 0.05) is 5.69 Å². The van der Waals surface area contributed by atoms with Gasteiger partial charge in [0.15, 0.2) is 0 Å². The predicted octanol–water partition coefficient (Wildman–Crippen LogP) is 2.33. The van der Waals surface area contributed by atoms with E-state index in [1.54, 1.807) is 0 Å². The van der Waals surface area contributed by atoms with E-state index in [1.807, 2.05) is 20.8 Å². The number of halogens is 1. The molecule has 0 saturated heterocycles. The van der Waals surface area contributed by atoms with Gasteiger partial charge in [-0.15, -0.1) is 0 Å². The fraction of sp³-hybridized carbons (Fsp3) is 0.500. The SMILES string of the molecule is CC(C)(C)OCCS(=O)c1cc(F)ccc1N. The summed E-state index contributed by atoms with van der Waals surface area (Å²) in [6.45, 7) is 6.12. The molecule has 0 aromatic heterocycles. The number of nitrogens with two attached hydrogens (primary N) is 1. The molecule has 0 aliphatic heterocycles. The van der Waals surface area contributed by atoms with Crippen LogP contribution in [0.1, 0.15) is 20.8 Å². The molecule has 0 amide bonds. The van der Waals surface area contributed by atoms with Crippen molar-refractivity contribution in [3.63, 3.8) is 0 Å². The summed E-state index contributed by atoms with van der Waals surface area (Å²) in [6.07, 6.45) is 0. The largest absolute Gasteiger partial charge is 0.398 e. The van der Waals surface area contributed by atoms with Crippen LogP contribution < -0.4 is 5.73 Å². The lowest BCUT2D eigenvalue weighted by Gasteiger charge is -2.19. The average molecular weight is 259 g/mol. The highest BCUT2D eigenvalue weighted by molar-refractivity contribution is 7.85. The van der Waals surface area contributed by atoms with Crippen LogP contribution in [-0.4, -0.2) is 22.2 Å². The van der Waals surface area contributed by atoms with Gasteiger partial charge in [0.05, 0.1) is 33.7 Å². The summed E-state index contributed by atoms with van der Waals surface area (Å²) in [5.74, 6) is -0.121. The standard InChI is InChI=1S/C12H18FNO2S/c1-12(2,3)16-6-7-17(15)11-8-9(13)4-5-10(11)14/h4-5,8H,6-7,14H2,1-3H3. The van der Waals surface area contributed by atoms with E-state index in [0.717, 1.165) is 0 Å². The van der Waals surface area contributed by atoms with Crippen molar-refractivity contribution >= 4 is 16.5 Å². The topological polar surface area (TPSA) is 52.3 Å². The zero-order valence-corrected chi connectivity index (χ0v) is 11.1. The van der Waals surface area contributed by atoms with E-state index < -0.39 is 16.6 Å². The summed E-state index contributed by atoms with van der Waals surface area (Å²) in [6, 6.07) is 3.89. The van der Waals surface area contributed by atoms with E-state index in [-0.39, 0.29) is 5.60 Å². The molecule has 0 spiro atoms. The van der Waals surface area contributed by atoms with Crippen LogP contribution in [0.5, 0.6) is 0 Å². The molecule has 1 atom stereocenters. The van der Waals surface area contributed by atoms with Gasteiger partial charge in [-0.05, 0) is 39.0 Å². The van der Waals surface area contributed by atoms with Crippen molar-refractivity contribution in [3.05, 3.63) is 24.0 Å². The Morgan fingerprint density at radius 1 is 1.41 bits per heavy atom. The first-order valence-electron chi connectivity index (χ1n) is 5.37. The quantitative estimate of drug-likeness (QED) is 0.844. The van der Waals surface area contributed by atoms with Crippen molar-refractivity contribution in [2.45, 2.75) is 31.3 Å². The molecule has 1 aromatic carbocycles. The van der Waals surface area contributed by atoms with Crippen LogP contribution >= 0.6 is 0 Å². The molecule has 96 valence electrons. The van der Waals surface area contributed by atoms with Crippen LogP contribution in [0.4, 0.5) is 10.1 Å². The van der Waals surface area contributed by atoms with E-state index in [2.05, 4.69) is 0 Å². The molecule has 0 aliphatic rings. The number of hydrogen-bond donors (Lipinski definition) is 1. The Labute approximate surface area is 104 Å². The number of nitrogen functional groups attached to an aromatic ring is 1. The van der Waals surface area contributed by atoms with Gasteiger partial charge in [-0.25, -0.2) is 4.39 Å². The predicted molar refractivity (Wildman–Crippen MR) is 67.8 cm³/mol. The minimum atomic E-state index is -1.33. The highest BCUT2D eigenvalue weighted by Gasteiger charge is 2.13. The Morgan fingerprint density at radius 2 is 2.06 bits per heavy atom. The minimum Gasteiger partial charge on any atom is -0.398 e. The summed E-state index contributed by atoms with van der Waals surface area (Å²) >= 11 is 0. The second kappa shape index (κ2) is 5.60. The molecule has 17 heavy (non-hydrogen) atoms. The van der Waals surface area contributed by atoms with Gasteiger partial charge in [0.2, 0.25) is 0 Å². The van der Waals surface area contributed by atoms with Gasteiger partial charge in [-0.3, -0.25) is 4.21 Å². The molecule has 0 bridgehead atoms. The van der Waals surface area contributed by atoms with E-state index >= 15 is 0 Å². The molecule has 3 nitrogen and oxygen atoms in total. The Bertz CT molecular complexity index is 415. The van der Waals surface area contributed by atoms with Crippen LogP contribution in [0.25, 0.3) is 0 Å². The summed E-state index contributed by atoms with van der Waals surface area (Å²) < 4.78 is 30.3. The Kier molecular flexibility index (Phi) is 4.65. The van der Waals surface area contributed by atoms with Crippen molar-refractivity contribution in [2.75, 3.05) is 18.1 Å². The third-order valence-electron chi connectivity index (χ3n) is 2.02. The highest BCUT2D eigenvalue weighted by atomic mass is 32.2. The van der Waals surface area contributed by atoms with Crippen LogP contribution in [0, 0.1) is 5.82 Å². The molecular weight excluding hydrogens is 241 g/mol. The lowest BCUT2D eigenvalue weighted by molar-refractivity contribution is 0.00669. The number of anilines is 1. The molecule has 0 radical (unpaired) electrons. The fourth-order valence-electron chi connectivity index (χ4n) is 1.24. The average Bonchev–Trinajstić information content (AvgIpc) is 2.19. The molecule has 1 aromatic rings. The zero-order chi connectivity index (χ0) is 13.1. The lowest BCUT2D eigenvalue weighted by atomic mass is 10.2. The molecular formula is C12H18FNO2S. The van der Waals surface area contributed by atoms with Crippen molar-refractivity contribution < 1.29 is 13.3 Å². The maximum absolute atomic E-state index is 13.0. The lowest BCUT2D eigenvalue weighted by Crippen LogP contribution is -2.22. The monoisotopic (exact) mass is 259 g/mol. The first-order valence-corrected chi connectivity index (χ1v) is 6.69. The van der Waals surface area contributed by atoms with Crippen LogP contribution in [-0.2, 0) is 15.5 Å². The minimum absolute atomic E-state index is 0.266. The maximum atomic E-state index is 13.0. The van der Waals surface area contributed by atoms with E-state index in [1.165, 1.54) is 18.2 Å². The molecule has 5 heteroatoms. The first kappa shape index (κ1) is 14.1. The maximum Gasteiger partial charge on any atom is 0.124 e. The molecule has 2 N–H and O–H groups in total. The van der Waals surface area contributed by atoms with Crippen molar-refractivity contribution in [2.24, 2.45) is 0 Å². The van der Waals surface area contributed by atoms with Gasteiger partial charge in [-0.1, -0.05) is 0 Å². The number of ether oxygens (including phenoxy) is 1. The van der Waals surface area contributed by atoms with E-state index in [0.29, 0.717) is 22.9 Å². The Morgan fingerprint density at radius 3 is 2.65 bits per heavy atom. The third-order valence-corrected chi connectivity index (χ3v) is 3.41. The second-order valence-electron chi connectivity index (χ2n) is 4.69. The second-order valence-corrected chi connectivity index (χ2v) is 6.23. The van der Waals surface area contributed by atoms with Crippen molar-refractivity contribution in [1.29, 1.82) is 0 Å². The van der Waals surface area contributed by atoms with Gasteiger partial charge >= 0.3 is 0 Å². The van der Waals surface area contributed by atoms with Gasteiger partial charge in [0.25, 0.3) is 0 Å². The summed E-state index contributed by atoms with van der Waals surface area (Å²) in [5.41, 5.74) is 5.73. The van der Waals surface area contributed by atoms with Gasteiger partial charge in [0.1, 0.15) is 5.82 Å². The molecule has 0 aliphatic carbocycles. The van der Waals surface area contributed by atoms with Gasteiger partial charge < -0.3 is 10.5 Å². The van der Waals surface area contributed by atoms with E-state index in [4.69, 9.17) is 10.5 Å². The summed E-state index contributed by atoms with van der Waals surface area (Å²) in [7, 11) is -1.33. The normalized spacial score (nSPS) is 13.6. The first-order chi connectivity index (χ1) is 7.79. The summed E-state index contributed by atoms with van der Waals surface area (Å²) in [5, 5.41) is 0. The molecule has 0 heterocycles. The third kappa shape index (κ3) is 4.83. The van der Waals surface area contributed by atoms with Crippen molar-refractivity contribution in [1.82, 2.24) is 0 Å². The fourth-order valence-corrected chi connectivity index (χ4v) is 2.27. The number of benzene rings is 1. The smallest absolute Gasteiger partial charge is 0.124 e. The summed E-state index contributed by atoms with van der Waals surface area (Å²) in [4.78, 5) is 0.336. The van der Waals surface area contributed by atoms with Crippen LogP contribution in [0.3, 0.4) is 0 Å². The van der Waals surface area contributed by atoms with E-state index in [9.17, 15) is 8.60 Å². The zero-order valence-electron chi connectivity index (χ0n) is 10.3. The Balaban J connectivity index is 2.61. The number of rotatable bonds is 4. The molecule has 1 unspecified atom stereocenters. The van der Waals surface area contributed by atoms with Crippen LogP contribution in [0.15, 0.2) is 23.1 Å². The Hall–Kier alpha value is -0.940. The molecule has 0 fully saturated rings. The number of hydrogen-bond acceptors (Lipinski definition) is 3.